The number of nitrogens with one attached hydrogen (secondary N) is 1. The van der Waals surface area contributed by atoms with Crippen LogP contribution in [0.15, 0.2) is 5.38 Å². The Bertz CT molecular complexity index is 387. The minimum absolute atomic E-state index is 0.0887. The highest BCUT2D eigenvalue weighted by atomic mass is 32.1. The van der Waals surface area contributed by atoms with Crippen molar-refractivity contribution in [3.05, 3.63) is 16.1 Å². The molecule has 0 bridgehead atoms. The van der Waals surface area contributed by atoms with Crippen molar-refractivity contribution in [2.75, 3.05) is 6.54 Å². The second-order valence-corrected chi connectivity index (χ2v) is 6.40. The fourth-order valence-electron chi connectivity index (χ4n) is 1.73. The first-order valence-corrected chi connectivity index (χ1v) is 7.19. The van der Waals surface area contributed by atoms with E-state index in [0.717, 1.165) is 23.5 Å². The van der Waals surface area contributed by atoms with E-state index in [1.54, 1.807) is 11.3 Å². The minimum atomic E-state index is 0.0887. The average molecular weight is 269 g/mol. The van der Waals surface area contributed by atoms with Crippen molar-refractivity contribution in [1.29, 1.82) is 0 Å². The fourth-order valence-corrected chi connectivity index (χ4v) is 2.35. The molecule has 0 aliphatic carbocycles. The van der Waals surface area contributed by atoms with Gasteiger partial charge in [-0.3, -0.25) is 4.79 Å². The van der Waals surface area contributed by atoms with Crippen LogP contribution in [0.1, 0.15) is 43.8 Å². The highest BCUT2D eigenvalue weighted by Crippen LogP contribution is 2.25. The number of nitrogens with two attached hydrogens (primary N) is 1. The quantitative estimate of drug-likeness (QED) is 0.797. The Kier molecular flexibility index (Phi) is 5.75. The van der Waals surface area contributed by atoms with E-state index in [2.05, 4.69) is 24.1 Å². The van der Waals surface area contributed by atoms with Gasteiger partial charge in [0.1, 0.15) is 0 Å². The predicted octanol–water partition coefficient (Wildman–Crippen LogP) is 2.22. The van der Waals surface area contributed by atoms with Crippen molar-refractivity contribution in [3.8, 4) is 0 Å². The Labute approximate surface area is 113 Å². The molecule has 1 heterocycles. The number of nitrogens with zero attached hydrogens (tertiary/aromatic N) is 1. The topological polar surface area (TPSA) is 68.0 Å². The summed E-state index contributed by atoms with van der Waals surface area (Å²) in [6.45, 7) is 7.46. The number of hydrogen-bond acceptors (Lipinski definition) is 4. The van der Waals surface area contributed by atoms with Gasteiger partial charge in [0, 0.05) is 11.8 Å². The van der Waals surface area contributed by atoms with Gasteiger partial charge in [-0.1, -0.05) is 13.8 Å². The summed E-state index contributed by atoms with van der Waals surface area (Å²) in [6.07, 6.45) is 2.37. The maximum Gasteiger partial charge on any atom is 0.220 e. The molecule has 1 aromatic rings. The molecular formula is C13H23N3OS. The molecule has 0 atom stereocenters. The largest absolute Gasteiger partial charge is 0.350 e. The molecule has 0 saturated carbocycles. The zero-order valence-electron chi connectivity index (χ0n) is 11.5. The Balaban J connectivity index is 2.26. The zero-order valence-corrected chi connectivity index (χ0v) is 12.3. The Morgan fingerprint density at radius 2 is 2.22 bits per heavy atom. The third-order valence-electron chi connectivity index (χ3n) is 2.98. The standard InChI is InChI=1S/C13H23N3OS/c1-10-16-11(9-18-10)8-15-12(17)4-5-13(2,3)6-7-14/h9H,4-8,14H2,1-3H3,(H,15,17). The van der Waals surface area contributed by atoms with Gasteiger partial charge in [-0.05, 0) is 31.7 Å². The molecule has 0 saturated heterocycles. The SMILES string of the molecule is Cc1nc(CNC(=O)CCC(C)(C)CCN)cs1. The van der Waals surface area contributed by atoms with Gasteiger partial charge in [-0.25, -0.2) is 4.98 Å². The molecule has 0 aromatic carbocycles. The van der Waals surface area contributed by atoms with Crippen molar-refractivity contribution in [2.45, 2.75) is 46.6 Å². The second-order valence-electron chi connectivity index (χ2n) is 5.34. The van der Waals surface area contributed by atoms with Gasteiger partial charge >= 0.3 is 0 Å². The van der Waals surface area contributed by atoms with Crippen LogP contribution in [0.5, 0.6) is 0 Å². The van der Waals surface area contributed by atoms with E-state index in [9.17, 15) is 4.79 Å². The van der Waals surface area contributed by atoms with E-state index >= 15 is 0 Å². The van der Waals surface area contributed by atoms with Crippen LogP contribution in [0, 0.1) is 12.3 Å². The molecule has 18 heavy (non-hydrogen) atoms. The second kappa shape index (κ2) is 6.85. The zero-order chi connectivity index (χ0) is 13.6. The lowest BCUT2D eigenvalue weighted by Gasteiger charge is -2.23. The fraction of sp³-hybridized carbons (Fsp3) is 0.692. The van der Waals surface area contributed by atoms with Crippen molar-refractivity contribution in [1.82, 2.24) is 10.3 Å². The number of carbonyl (C=O) groups is 1. The van der Waals surface area contributed by atoms with Gasteiger partial charge in [0.05, 0.1) is 17.2 Å². The predicted molar refractivity (Wildman–Crippen MR) is 75.4 cm³/mol. The van der Waals surface area contributed by atoms with Crippen molar-refractivity contribution in [2.24, 2.45) is 11.1 Å². The lowest BCUT2D eigenvalue weighted by Crippen LogP contribution is -2.25. The first-order chi connectivity index (χ1) is 8.43. The molecule has 102 valence electrons. The normalized spacial score (nSPS) is 11.6. The summed E-state index contributed by atoms with van der Waals surface area (Å²) in [4.78, 5) is 16.0. The van der Waals surface area contributed by atoms with E-state index in [0.29, 0.717) is 19.5 Å². The maximum atomic E-state index is 11.7. The molecule has 0 fully saturated rings. The van der Waals surface area contributed by atoms with Crippen LogP contribution in [0.4, 0.5) is 0 Å². The number of hydrogen-bond donors (Lipinski definition) is 2. The van der Waals surface area contributed by atoms with E-state index in [4.69, 9.17) is 5.73 Å². The highest BCUT2D eigenvalue weighted by Gasteiger charge is 2.18. The summed E-state index contributed by atoms with van der Waals surface area (Å²) in [5.41, 5.74) is 6.63. The minimum Gasteiger partial charge on any atom is -0.350 e. The molecule has 3 N–H and O–H groups in total. The van der Waals surface area contributed by atoms with Crippen LogP contribution in [0.25, 0.3) is 0 Å². The van der Waals surface area contributed by atoms with E-state index in [-0.39, 0.29) is 11.3 Å². The number of rotatable bonds is 7. The molecule has 0 aliphatic heterocycles. The summed E-state index contributed by atoms with van der Waals surface area (Å²) in [5.74, 6) is 0.0887. The van der Waals surface area contributed by atoms with Crippen LogP contribution in [0.3, 0.4) is 0 Å². The summed E-state index contributed by atoms with van der Waals surface area (Å²) in [7, 11) is 0. The lowest BCUT2D eigenvalue weighted by atomic mass is 9.84. The third kappa shape index (κ3) is 5.60. The average Bonchev–Trinajstić information content (AvgIpc) is 2.70. The molecule has 5 heteroatoms. The molecule has 0 aliphatic rings. The summed E-state index contributed by atoms with van der Waals surface area (Å²) >= 11 is 1.60. The van der Waals surface area contributed by atoms with Crippen molar-refractivity contribution < 1.29 is 4.79 Å². The Morgan fingerprint density at radius 3 is 2.78 bits per heavy atom. The Morgan fingerprint density at radius 1 is 1.50 bits per heavy atom. The smallest absolute Gasteiger partial charge is 0.220 e. The summed E-state index contributed by atoms with van der Waals surface area (Å²) in [6, 6.07) is 0. The third-order valence-corrected chi connectivity index (χ3v) is 3.81. The van der Waals surface area contributed by atoms with Crippen LogP contribution in [0.2, 0.25) is 0 Å². The molecule has 1 amide bonds. The molecule has 0 unspecified atom stereocenters. The maximum absolute atomic E-state index is 11.7. The van der Waals surface area contributed by atoms with Gasteiger partial charge in [0.15, 0.2) is 0 Å². The summed E-state index contributed by atoms with van der Waals surface area (Å²) in [5, 5.41) is 5.91. The van der Waals surface area contributed by atoms with E-state index in [1.807, 2.05) is 12.3 Å². The van der Waals surface area contributed by atoms with Crippen molar-refractivity contribution >= 4 is 17.2 Å². The molecule has 1 rings (SSSR count). The van der Waals surface area contributed by atoms with Gasteiger partial charge in [0.2, 0.25) is 5.91 Å². The Hall–Kier alpha value is -0.940. The van der Waals surface area contributed by atoms with Gasteiger partial charge in [-0.2, -0.15) is 0 Å². The van der Waals surface area contributed by atoms with E-state index < -0.39 is 0 Å². The first kappa shape index (κ1) is 15.1. The van der Waals surface area contributed by atoms with Crippen LogP contribution < -0.4 is 11.1 Å². The van der Waals surface area contributed by atoms with E-state index in [1.165, 1.54) is 0 Å². The van der Waals surface area contributed by atoms with Gasteiger partial charge < -0.3 is 11.1 Å². The monoisotopic (exact) mass is 269 g/mol. The number of aromatic nitrogens is 1. The number of carbonyl (C=O) groups excluding carboxylic acids is 1. The number of thiazole rings is 1. The molecule has 1 aromatic heterocycles. The lowest BCUT2D eigenvalue weighted by molar-refractivity contribution is -0.121. The number of aryl methyl sites for hydroxylation is 1. The molecule has 0 radical (unpaired) electrons. The highest BCUT2D eigenvalue weighted by molar-refractivity contribution is 7.09. The summed E-state index contributed by atoms with van der Waals surface area (Å²) < 4.78 is 0. The first-order valence-electron chi connectivity index (χ1n) is 6.31. The van der Waals surface area contributed by atoms with Crippen LogP contribution in [-0.4, -0.2) is 17.4 Å². The van der Waals surface area contributed by atoms with Crippen LogP contribution >= 0.6 is 11.3 Å². The van der Waals surface area contributed by atoms with Gasteiger partial charge in [0.25, 0.3) is 0 Å². The van der Waals surface area contributed by atoms with Crippen LogP contribution in [-0.2, 0) is 11.3 Å². The molecule has 4 nitrogen and oxygen atoms in total. The molecular weight excluding hydrogens is 246 g/mol. The van der Waals surface area contributed by atoms with Gasteiger partial charge in [-0.15, -0.1) is 11.3 Å². The molecule has 0 spiro atoms. The van der Waals surface area contributed by atoms with Crippen molar-refractivity contribution in [3.63, 3.8) is 0 Å². The number of amides is 1.